The van der Waals surface area contributed by atoms with Crippen LogP contribution in [0, 0.1) is 0 Å². The van der Waals surface area contributed by atoms with Crippen LogP contribution in [-0.2, 0) is 9.53 Å². The monoisotopic (exact) mass is 242 g/mol. The van der Waals surface area contributed by atoms with Crippen molar-refractivity contribution in [2.75, 3.05) is 13.7 Å². The molecule has 0 radical (unpaired) electrons. The molecule has 0 fully saturated rings. The zero-order valence-electron chi connectivity index (χ0n) is 10.1. The second kappa shape index (κ2) is 5.41. The van der Waals surface area contributed by atoms with Gasteiger partial charge >= 0.3 is 0 Å². The molecule has 1 unspecified atom stereocenters. The molecule has 1 aromatic heterocycles. The third-order valence-corrected chi connectivity index (χ3v) is 3.51. The molecule has 1 heterocycles. The van der Waals surface area contributed by atoms with E-state index in [1.165, 1.54) is 7.11 Å². The van der Waals surface area contributed by atoms with E-state index in [1.807, 2.05) is 12.3 Å². The number of rotatable bonds is 5. The third-order valence-electron chi connectivity index (χ3n) is 2.50. The fourth-order valence-electron chi connectivity index (χ4n) is 1.12. The van der Waals surface area contributed by atoms with Gasteiger partial charge in [0.1, 0.15) is 5.60 Å². The Hall–Kier alpha value is -0.940. The van der Waals surface area contributed by atoms with Crippen LogP contribution in [0.5, 0.6) is 0 Å². The molecule has 1 rings (SSSR count). The maximum absolute atomic E-state index is 11.7. The minimum absolute atomic E-state index is 0.0987. The second-order valence-corrected chi connectivity index (χ2v) is 5.12. The second-order valence-electron chi connectivity index (χ2n) is 4.20. The Kier molecular flexibility index (Phi) is 4.44. The summed E-state index contributed by atoms with van der Waals surface area (Å²) in [4.78, 5) is 15.9. The summed E-state index contributed by atoms with van der Waals surface area (Å²) in [6.45, 7) is 6.12. The molecule has 16 heavy (non-hydrogen) atoms. The van der Waals surface area contributed by atoms with Crippen molar-refractivity contribution in [3.05, 3.63) is 16.6 Å². The molecule has 90 valence electrons. The summed E-state index contributed by atoms with van der Waals surface area (Å²) in [6.07, 6.45) is 1.78. The summed E-state index contributed by atoms with van der Waals surface area (Å²) >= 11 is 1.60. The highest BCUT2D eigenvalue weighted by Gasteiger charge is 2.27. The average molecular weight is 242 g/mol. The van der Waals surface area contributed by atoms with E-state index in [0.717, 1.165) is 5.01 Å². The van der Waals surface area contributed by atoms with E-state index >= 15 is 0 Å². The highest BCUT2D eigenvalue weighted by molar-refractivity contribution is 7.09. The fraction of sp³-hybridized carbons (Fsp3) is 0.636. The first kappa shape index (κ1) is 13.1. The molecular formula is C11H18N2O2S. The van der Waals surface area contributed by atoms with Crippen LogP contribution in [-0.4, -0.2) is 30.1 Å². The molecule has 1 N–H and O–H groups in total. The van der Waals surface area contributed by atoms with Gasteiger partial charge in [-0.15, -0.1) is 11.3 Å². The van der Waals surface area contributed by atoms with Crippen LogP contribution in [0.3, 0.4) is 0 Å². The Morgan fingerprint density at radius 3 is 2.88 bits per heavy atom. The van der Waals surface area contributed by atoms with Crippen molar-refractivity contribution < 1.29 is 9.53 Å². The summed E-state index contributed by atoms with van der Waals surface area (Å²) < 4.78 is 5.10. The first-order valence-corrected chi connectivity index (χ1v) is 6.08. The van der Waals surface area contributed by atoms with Crippen molar-refractivity contribution in [2.24, 2.45) is 0 Å². The average Bonchev–Trinajstić information content (AvgIpc) is 2.78. The largest absolute Gasteiger partial charge is 0.369 e. The Morgan fingerprint density at radius 2 is 2.38 bits per heavy atom. The predicted octanol–water partition coefficient (Wildman–Crippen LogP) is 1.79. The minimum atomic E-state index is -0.775. The molecule has 0 aliphatic heterocycles. The molecule has 0 bridgehead atoms. The maximum Gasteiger partial charge on any atom is 0.251 e. The number of nitrogens with zero attached hydrogens (tertiary/aromatic N) is 1. The van der Waals surface area contributed by atoms with Crippen molar-refractivity contribution in [3.8, 4) is 0 Å². The molecule has 1 aromatic rings. The SMILES string of the molecule is COC(C)(C)C(=O)NCC(C)c1nccs1. The molecule has 5 heteroatoms. The zero-order valence-corrected chi connectivity index (χ0v) is 10.9. The fourth-order valence-corrected chi connectivity index (χ4v) is 1.82. The van der Waals surface area contributed by atoms with Crippen molar-refractivity contribution in [1.29, 1.82) is 0 Å². The van der Waals surface area contributed by atoms with Gasteiger partial charge in [-0.1, -0.05) is 6.92 Å². The number of amides is 1. The summed E-state index contributed by atoms with van der Waals surface area (Å²) in [5.41, 5.74) is -0.775. The van der Waals surface area contributed by atoms with E-state index < -0.39 is 5.60 Å². The highest BCUT2D eigenvalue weighted by atomic mass is 32.1. The minimum Gasteiger partial charge on any atom is -0.369 e. The molecule has 0 aliphatic rings. The molecule has 0 aliphatic carbocycles. The molecule has 0 saturated carbocycles. The topological polar surface area (TPSA) is 51.2 Å². The van der Waals surface area contributed by atoms with E-state index in [2.05, 4.69) is 10.3 Å². The Bertz CT molecular complexity index is 336. The van der Waals surface area contributed by atoms with Gasteiger partial charge in [0.2, 0.25) is 0 Å². The number of hydrogen-bond acceptors (Lipinski definition) is 4. The number of methoxy groups -OCH3 is 1. The lowest BCUT2D eigenvalue weighted by Gasteiger charge is -2.22. The molecule has 0 saturated heterocycles. The highest BCUT2D eigenvalue weighted by Crippen LogP contribution is 2.17. The molecule has 1 atom stereocenters. The van der Waals surface area contributed by atoms with Gasteiger partial charge in [-0.3, -0.25) is 4.79 Å². The summed E-state index contributed by atoms with van der Waals surface area (Å²) in [5.74, 6) is 0.134. The molecule has 0 aromatic carbocycles. The van der Waals surface area contributed by atoms with Gasteiger partial charge in [0, 0.05) is 31.1 Å². The van der Waals surface area contributed by atoms with E-state index in [4.69, 9.17) is 4.74 Å². The van der Waals surface area contributed by atoms with Gasteiger partial charge in [-0.2, -0.15) is 0 Å². The van der Waals surface area contributed by atoms with E-state index in [0.29, 0.717) is 6.54 Å². The molecule has 1 amide bonds. The van der Waals surface area contributed by atoms with Crippen molar-refractivity contribution >= 4 is 17.2 Å². The van der Waals surface area contributed by atoms with E-state index in [-0.39, 0.29) is 11.8 Å². The number of carbonyl (C=O) groups excluding carboxylic acids is 1. The maximum atomic E-state index is 11.7. The molecule has 4 nitrogen and oxygen atoms in total. The predicted molar refractivity (Wildman–Crippen MR) is 64.6 cm³/mol. The Morgan fingerprint density at radius 1 is 1.69 bits per heavy atom. The summed E-state index contributed by atoms with van der Waals surface area (Å²) in [5, 5.41) is 5.84. The lowest BCUT2D eigenvalue weighted by molar-refractivity contribution is -0.139. The number of nitrogens with one attached hydrogen (secondary N) is 1. The van der Waals surface area contributed by atoms with Gasteiger partial charge in [-0.05, 0) is 13.8 Å². The molecule has 0 spiro atoms. The van der Waals surface area contributed by atoms with Crippen LogP contribution in [0.15, 0.2) is 11.6 Å². The standard InChI is InChI=1S/C11H18N2O2S/c1-8(9-12-5-6-16-9)7-13-10(14)11(2,3)15-4/h5-6,8H,7H2,1-4H3,(H,13,14). The van der Waals surface area contributed by atoms with Crippen LogP contribution in [0.1, 0.15) is 31.7 Å². The number of hydrogen-bond donors (Lipinski definition) is 1. The van der Waals surface area contributed by atoms with Crippen LogP contribution in [0.4, 0.5) is 0 Å². The van der Waals surface area contributed by atoms with Crippen molar-refractivity contribution in [1.82, 2.24) is 10.3 Å². The summed E-state index contributed by atoms with van der Waals surface area (Å²) in [6, 6.07) is 0. The smallest absolute Gasteiger partial charge is 0.251 e. The first-order valence-electron chi connectivity index (χ1n) is 5.20. The Balaban J connectivity index is 2.44. The number of thiazole rings is 1. The lowest BCUT2D eigenvalue weighted by atomic mass is 10.1. The van der Waals surface area contributed by atoms with Crippen LogP contribution in [0.2, 0.25) is 0 Å². The normalized spacial score (nSPS) is 13.5. The lowest BCUT2D eigenvalue weighted by Crippen LogP contribution is -2.44. The Labute approximate surface area is 100 Å². The van der Waals surface area contributed by atoms with Gasteiger partial charge in [0.25, 0.3) is 5.91 Å². The third kappa shape index (κ3) is 3.28. The van der Waals surface area contributed by atoms with E-state index in [9.17, 15) is 4.79 Å². The van der Waals surface area contributed by atoms with Gasteiger partial charge in [0.15, 0.2) is 0 Å². The summed E-state index contributed by atoms with van der Waals surface area (Å²) in [7, 11) is 1.53. The van der Waals surface area contributed by atoms with Crippen LogP contribution >= 0.6 is 11.3 Å². The quantitative estimate of drug-likeness (QED) is 0.856. The van der Waals surface area contributed by atoms with Crippen molar-refractivity contribution in [3.63, 3.8) is 0 Å². The van der Waals surface area contributed by atoms with Gasteiger partial charge in [0.05, 0.1) is 5.01 Å². The van der Waals surface area contributed by atoms with Crippen LogP contribution < -0.4 is 5.32 Å². The first-order chi connectivity index (χ1) is 7.47. The van der Waals surface area contributed by atoms with Crippen LogP contribution in [0.25, 0.3) is 0 Å². The van der Waals surface area contributed by atoms with Crippen molar-refractivity contribution in [2.45, 2.75) is 32.3 Å². The van der Waals surface area contributed by atoms with Gasteiger partial charge in [-0.25, -0.2) is 4.98 Å². The zero-order chi connectivity index (χ0) is 12.2. The number of carbonyl (C=O) groups is 1. The number of aromatic nitrogens is 1. The van der Waals surface area contributed by atoms with Gasteiger partial charge < -0.3 is 10.1 Å². The number of ether oxygens (including phenoxy) is 1. The van der Waals surface area contributed by atoms with E-state index in [1.54, 1.807) is 31.4 Å². The molecular weight excluding hydrogens is 224 g/mol.